The van der Waals surface area contributed by atoms with E-state index in [2.05, 4.69) is 28.3 Å². The van der Waals surface area contributed by atoms with Gasteiger partial charge in [0.15, 0.2) is 0 Å². The lowest BCUT2D eigenvalue weighted by atomic mass is 10.0. The second-order valence-corrected chi connectivity index (χ2v) is 4.32. The zero-order valence-electron chi connectivity index (χ0n) is 11.2. The number of rotatable bonds is 3. The Kier molecular flexibility index (Phi) is 3.80. The molecule has 1 heterocycles. The molecule has 1 aromatic heterocycles. The molecule has 2 amide bonds. The van der Waals surface area contributed by atoms with Gasteiger partial charge in [0.2, 0.25) is 0 Å². The van der Waals surface area contributed by atoms with Gasteiger partial charge in [-0.25, -0.2) is 9.78 Å². The van der Waals surface area contributed by atoms with Crippen molar-refractivity contribution in [1.29, 1.82) is 0 Å². The molecule has 0 aliphatic rings. The Morgan fingerprint density at radius 3 is 2.89 bits per heavy atom. The van der Waals surface area contributed by atoms with Gasteiger partial charge in [-0.3, -0.25) is 5.32 Å². The molecule has 0 saturated heterocycles. The van der Waals surface area contributed by atoms with Crippen LogP contribution in [0.15, 0.2) is 31.0 Å². The lowest BCUT2D eigenvalue weighted by molar-refractivity contribution is 0.252. The van der Waals surface area contributed by atoms with Crippen LogP contribution in [-0.2, 0) is 0 Å². The van der Waals surface area contributed by atoms with Crippen molar-refractivity contribution in [2.75, 3.05) is 11.9 Å². The van der Waals surface area contributed by atoms with Crippen LogP contribution < -0.4 is 10.6 Å². The summed E-state index contributed by atoms with van der Waals surface area (Å²) in [6.07, 6.45) is 3.59. The van der Waals surface area contributed by atoms with E-state index in [1.165, 1.54) is 0 Å². The minimum absolute atomic E-state index is 0.244. The molecule has 98 valence electrons. The normalized spacial score (nSPS) is 10.2. The van der Waals surface area contributed by atoms with Gasteiger partial charge in [-0.05, 0) is 42.5 Å². The van der Waals surface area contributed by atoms with E-state index in [0.717, 1.165) is 21.9 Å². The molecule has 2 aromatic rings. The number of aromatic nitrogens is 1. The number of pyridine rings is 1. The molecule has 0 saturated carbocycles. The third kappa shape index (κ3) is 2.91. The Labute approximate surface area is 112 Å². The number of fused-ring (bicyclic) bond motifs is 1. The van der Waals surface area contributed by atoms with E-state index in [1.807, 2.05) is 32.1 Å². The largest absolute Gasteiger partial charge is 0.338 e. The number of anilines is 1. The predicted molar refractivity (Wildman–Crippen MR) is 79.3 cm³/mol. The average molecular weight is 255 g/mol. The molecule has 0 bridgehead atoms. The number of nitrogens with one attached hydrogen (secondary N) is 2. The zero-order chi connectivity index (χ0) is 13.8. The highest BCUT2D eigenvalue weighted by molar-refractivity contribution is 5.93. The van der Waals surface area contributed by atoms with E-state index in [1.54, 1.807) is 6.20 Å². The first-order chi connectivity index (χ1) is 9.13. The van der Waals surface area contributed by atoms with Crippen molar-refractivity contribution in [2.24, 2.45) is 0 Å². The van der Waals surface area contributed by atoms with E-state index in [-0.39, 0.29) is 6.03 Å². The maximum Gasteiger partial charge on any atom is 0.320 e. The fraction of sp³-hybridized carbons (Fsp3) is 0.200. The minimum atomic E-state index is -0.244. The molecule has 2 rings (SSSR count). The molecule has 0 fully saturated rings. The maximum atomic E-state index is 11.5. The van der Waals surface area contributed by atoms with Crippen LogP contribution in [-0.4, -0.2) is 17.6 Å². The fourth-order valence-corrected chi connectivity index (χ4v) is 1.98. The Hall–Kier alpha value is -2.36. The lowest BCUT2D eigenvalue weighted by Crippen LogP contribution is -2.28. The van der Waals surface area contributed by atoms with E-state index >= 15 is 0 Å². The topological polar surface area (TPSA) is 54.0 Å². The summed E-state index contributed by atoms with van der Waals surface area (Å²) in [5, 5.41) is 7.49. The molecule has 0 aliphatic carbocycles. The fourth-order valence-electron chi connectivity index (χ4n) is 1.98. The van der Waals surface area contributed by atoms with Gasteiger partial charge in [0, 0.05) is 18.1 Å². The number of benzene rings is 1. The van der Waals surface area contributed by atoms with Gasteiger partial charge < -0.3 is 5.32 Å². The number of carbonyl (C=O) groups excluding carboxylic acids is 1. The summed E-state index contributed by atoms with van der Waals surface area (Å²) >= 11 is 0. The first-order valence-electron chi connectivity index (χ1n) is 6.21. The van der Waals surface area contributed by atoms with Gasteiger partial charge in [-0.2, -0.15) is 0 Å². The SMILES string of the molecule is C=Cc1cc(C)c2cnc(NC(=O)NCC)cc2c1. The van der Waals surface area contributed by atoms with Crippen LogP contribution in [0.25, 0.3) is 16.8 Å². The Balaban J connectivity index is 2.39. The summed E-state index contributed by atoms with van der Waals surface area (Å²) in [5.41, 5.74) is 2.20. The summed E-state index contributed by atoms with van der Waals surface area (Å²) < 4.78 is 0. The molecule has 4 nitrogen and oxygen atoms in total. The van der Waals surface area contributed by atoms with E-state index in [9.17, 15) is 4.79 Å². The smallest absolute Gasteiger partial charge is 0.320 e. The maximum absolute atomic E-state index is 11.5. The molecular weight excluding hydrogens is 238 g/mol. The summed E-state index contributed by atoms with van der Waals surface area (Å²) in [7, 11) is 0. The first-order valence-corrected chi connectivity index (χ1v) is 6.21. The molecular formula is C15H17N3O. The standard InChI is InChI=1S/C15H17N3O/c1-4-11-6-10(3)13-9-17-14(8-12(13)7-11)18-15(19)16-5-2/h4,6-9H,1,5H2,2-3H3,(H2,16,17,18,19). The van der Waals surface area contributed by atoms with Gasteiger partial charge in [0.05, 0.1) is 0 Å². The second-order valence-electron chi connectivity index (χ2n) is 4.32. The van der Waals surface area contributed by atoms with E-state index in [4.69, 9.17) is 0 Å². The van der Waals surface area contributed by atoms with Crippen molar-refractivity contribution < 1.29 is 4.79 Å². The second kappa shape index (κ2) is 5.52. The summed E-state index contributed by atoms with van der Waals surface area (Å²) in [6, 6.07) is 5.71. The van der Waals surface area contributed by atoms with Gasteiger partial charge in [-0.1, -0.05) is 18.7 Å². The van der Waals surface area contributed by atoms with E-state index in [0.29, 0.717) is 12.4 Å². The molecule has 0 radical (unpaired) electrons. The highest BCUT2D eigenvalue weighted by Crippen LogP contribution is 2.22. The quantitative estimate of drug-likeness (QED) is 0.883. The van der Waals surface area contributed by atoms with Crippen molar-refractivity contribution in [3.63, 3.8) is 0 Å². The molecule has 0 spiro atoms. The molecule has 0 unspecified atom stereocenters. The summed E-state index contributed by atoms with van der Waals surface area (Å²) in [5.74, 6) is 0.541. The van der Waals surface area contributed by atoms with Crippen LogP contribution in [0.2, 0.25) is 0 Å². The van der Waals surface area contributed by atoms with E-state index < -0.39 is 0 Å². The first kappa shape index (κ1) is 13.1. The molecule has 0 atom stereocenters. The summed E-state index contributed by atoms with van der Waals surface area (Å²) in [6.45, 7) is 8.26. The third-order valence-electron chi connectivity index (χ3n) is 2.88. The molecule has 1 aromatic carbocycles. The number of aryl methyl sites for hydroxylation is 1. The van der Waals surface area contributed by atoms with Gasteiger partial charge in [0.25, 0.3) is 0 Å². The number of hydrogen-bond donors (Lipinski definition) is 2. The van der Waals surface area contributed by atoms with Gasteiger partial charge in [0.1, 0.15) is 5.82 Å². The zero-order valence-corrected chi connectivity index (χ0v) is 11.2. The Bertz CT molecular complexity index is 635. The van der Waals surface area contributed by atoms with Crippen LogP contribution in [0, 0.1) is 6.92 Å². The van der Waals surface area contributed by atoms with Crippen molar-refractivity contribution >= 4 is 28.7 Å². The molecule has 2 N–H and O–H groups in total. The number of amides is 2. The van der Waals surface area contributed by atoms with Crippen LogP contribution in [0.3, 0.4) is 0 Å². The minimum Gasteiger partial charge on any atom is -0.338 e. The lowest BCUT2D eigenvalue weighted by Gasteiger charge is -2.08. The van der Waals surface area contributed by atoms with Crippen LogP contribution in [0.4, 0.5) is 10.6 Å². The molecule has 19 heavy (non-hydrogen) atoms. The highest BCUT2D eigenvalue weighted by Gasteiger charge is 2.04. The van der Waals surface area contributed by atoms with Crippen LogP contribution in [0.5, 0.6) is 0 Å². The number of carbonyl (C=O) groups is 1. The Morgan fingerprint density at radius 2 is 2.21 bits per heavy atom. The van der Waals surface area contributed by atoms with Gasteiger partial charge in [-0.15, -0.1) is 0 Å². The van der Waals surface area contributed by atoms with Crippen molar-refractivity contribution in [3.05, 3.63) is 42.1 Å². The number of urea groups is 1. The Morgan fingerprint density at radius 1 is 1.42 bits per heavy atom. The monoisotopic (exact) mass is 255 g/mol. The third-order valence-corrected chi connectivity index (χ3v) is 2.88. The van der Waals surface area contributed by atoms with Crippen molar-refractivity contribution in [1.82, 2.24) is 10.3 Å². The highest BCUT2D eigenvalue weighted by atomic mass is 16.2. The van der Waals surface area contributed by atoms with Crippen LogP contribution in [0.1, 0.15) is 18.1 Å². The number of nitrogens with zero attached hydrogens (tertiary/aromatic N) is 1. The van der Waals surface area contributed by atoms with Crippen LogP contribution >= 0.6 is 0 Å². The summed E-state index contributed by atoms with van der Waals surface area (Å²) in [4.78, 5) is 15.7. The van der Waals surface area contributed by atoms with Crippen molar-refractivity contribution in [2.45, 2.75) is 13.8 Å². The van der Waals surface area contributed by atoms with Crippen molar-refractivity contribution in [3.8, 4) is 0 Å². The molecule has 4 heteroatoms. The van der Waals surface area contributed by atoms with Gasteiger partial charge >= 0.3 is 6.03 Å². The average Bonchev–Trinajstić information content (AvgIpc) is 2.38. The predicted octanol–water partition coefficient (Wildman–Crippen LogP) is 3.33. The number of hydrogen-bond acceptors (Lipinski definition) is 2. The molecule has 0 aliphatic heterocycles.